The minimum absolute atomic E-state index is 0.0821. The van der Waals surface area contributed by atoms with Crippen molar-refractivity contribution in [2.45, 2.75) is 13.8 Å². The Hall–Kier alpha value is -0.870. The summed E-state index contributed by atoms with van der Waals surface area (Å²) in [5.74, 6) is 0.492. The third-order valence-corrected chi connectivity index (χ3v) is 3.07. The summed E-state index contributed by atoms with van der Waals surface area (Å²) in [5.41, 5.74) is 1.23. The van der Waals surface area contributed by atoms with Crippen molar-refractivity contribution in [2.24, 2.45) is 0 Å². The number of rotatable bonds is 1. The van der Waals surface area contributed by atoms with Crippen LogP contribution in [0.3, 0.4) is 0 Å². The van der Waals surface area contributed by atoms with E-state index >= 15 is 0 Å². The normalized spacial score (nSPS) is 10.7. The van der Waals surface area contributed by atoms with Crippen molar-refractivity contribution in [3.63, 3.8) is 0 Å². The van der Waals surface area contributed by atoms with Crippen molar-refractivity contribution < 1.29 is 4.42 Å². The summed E-state index contributed by atoms with van der Waals surface area (Å²) < 4.78 is 5.09. The summed E-state index contributed by atoms with van der Waals surface area (Å²) in [5, 5.41) is 7.47. The molecule has 2 heterocycles. The molecule has 0 aromatic carbocycles. The van der Waals surface area contributed by atoms with Crippen molar-refractivity contribution in [3.05, 3.63) is 21.9 Å². The zero-order valence-corrected chi connectivity index (χ0v) is 8.74. The zero-order chi connectivity index (χ0) is 9.42. The maximum absolute atomic E-state index is 5.52. The lowest BCUT2D eigenvalue weighted by Crippen LogP contribution is -1.70. The lowest BCUT2D eigenvalue weighted by Gasteiger charge is -1.82. The van der Waals surface area contributed by atoms with E-state index < -0.39 is 0 Å². The Morgan fingerprint density at radius 2 is 2.15 bits per heavy atom. The Kier molecular flexibility index (Phi) is 2.09. The van der Waals surface area contributed by atoms with E-state index in [4.69, 9.17) is 16.0 Å². The highest BCUT2D eigenvalue weighted by atomic mass is 35.5. The highest BCUT2D eigenvalue weighted by Crippen LogP contribution is 2.30. The molecule has 0 aliphatic carbocycles. The van der Waals surface area contributed by atoms with Crippen LogP contribution in [-0.4, -0.2) is 10.2 Å². The largest absolute Gasteiger partial charge is 0.407 e. The Balaban J connectivity index is 2.46. The molecule has 0 atom stereocenters. The van der Waals surface area contributed by atoms with Crippen LogP contribution < -0.4 is 0 Å². The number of halogens is 1. The third-order valence-electron chi connectivity index (χ3n) is 1.78. The van der Waals surface area contributed by atoms with E-state index in [2.05, 4.69) is 17.1 Å². The summed E-state index contributed by atoms with van der Waals surface area (Å²) in [6.45, 7) is 4.11. The van der Waals surface area contributed by atoms with Crippen LogP contribution in [0.5, 0.6) is 0 Å². The number of aromatic nitrogens is 2. The Morgan fingerprint density at radius 1 is 1.38 bits per heavy atom. The molecule has 0 N–H and O–H groups in total. The second-order valence-electron chi connectivity index (χ2n) is 2.71. The van der Waals surface area contributed by atoms with Gasteiger partial charge in [-0.3, -0.25) is 0 Å². The van der Waals surface area contributed by atoms with Crippen LogP contribution in [0.25, 0.3) is 10.8 Å². The van der Waals surface area contributed by atoms with E-state index in [1.54, 1.807) is 11.3 Å². The molecule has 2 aromatic rings. The molecule has 0 amide bonds. The van der Waals surface area contributed by atoms with Gasteiger partial charge in [0, 0.05) is 4.88 Å². The standard InChI is InChI=1S/C8H7ClN2OS/c1-4-3-6(13-5(4)2)7-10-11-8(9)12-7/h3H,1-2H3. The van der Waals surface area contributed by atoms with Gasteiger partial charge >= 0.3 is 5.35 Å². The fourth-order valence-electron chi connectivity index (χ4n) is 0.983. The molecular weight excluding hydrogens is 208 g/mol. The van der Waals surface area contributed by atoms with Crippen molar-refractivity contribution in [1.29, 1.82) is 0 Å². The molecule has 0 saturated heterocycles. The molecule has 2 rings (SSSR count). The lowest BCUT2D eigenvalue weighted by atomic mass is 10.3. The molecule has 68 valence electrons. The minimum Gasteiger partial charge on any atom is -0.407 e. The van der Waals surface area contributed by atoms with Crippen LogP contribution in [0.15, 0.2) is 10.5 Å². The third kappa shape index (κ3) is 1.59. The molecule has 0 saturated carbocycles. The van der Waals surface area contributed by atoms with Gasteiger partial charge in [0.15, 0.2) is 0 Å². The van der Waals surface area contributed by atoms with Gasteiger partial charge in [0.1, 0.15) is 0 Å². The van der Waals surface area contributed by atoms with Crippen molar-refractivity contribution in [3.8, 4) is 10.8 Å². The summed E-state index contributed by atoms with van der Waals surface area (Å²) in [7, 11) is 0. The zero-order valence-electron chi connectivity index (χ0n) is 7.17. The monoisotopic (exact) mass is 214 g/mol. The predicted molar refractivity (Wildman–Crippen MR) is 52.1 cm³/mol. The molecule has 0 unspecified atom stereocenters. The average molecular weight is 215 g/mol. The van der Waals surface area contributed by atoms with Crippen molar-refractivity contribution in [2.75, 3.05) is 0 Å². The predicted octanol–water partition coefficient (Wildman–Crippen LogP) is 3.07. The molecule has 13 heavy (non-hydrogen) atoms. The van der Waals surface area contributed by atoms with Crippen LogP contribution in [0, 0.1) is 13.8 Å². The molecule has 0 bridgehead atoms. The number of aryl methyl sites for hydroxylation is 2. The van der Waals surface area contributed by atoms with Gasteiger partial charge in [-0.05, 0) is 37.1 Å². The van der Waals surface area contributed by atoms with Gasteiger partial charge in [0.05, 0.1) is 4.88 Å². The molecule has 0 aliphatic rings. The fraction of sp³-hybridized carbons (Fsp3) is 0.250. The first-order valence-corrected chi connectivity index (χ1v) is 4.92. The van der Waals surface area contributed by atoms with Crippen LogP contribution in [0.4, 0.5) is 0 Å². The van der Waals surface area contributed by atoms with Gasteiger partial charge < -0.3 is 4.42 Å². The fourth-order valence-corrected chi connectivity index (χ4v) is 2.05. The number of hydrogen-bond acceptors (Lipinski definition) is 4. The summed E-state index contributed by atoms with van der Waals surface area (Å²) >= 11 is 7.15. The van der Waals surface area contributed by atoms with E-state index in [0.717, 1.165) is 4.88 Å². The lowest BCUT2D eigenvalue weighted by molar-refractivity contribution is 0.572. The second-order valence-corrected chi connectivity index (χ2v) is 4.29. The van der Waals surface area contributed by atoms with Crippen LogP contribution in [0.2, 0.25) is 5.35 Å². The minimum atomic E-state index is 0.0821. The van der Waals surface area contributed by atoms with E-state index in [1.807, 2.05) is 13.0 Å². The van der Waals surface area contributed by atoms with Crippen molar-refractivity contribution >= 4 is 22.9 Å². The topological polar surface area (TPSA) is 38.9 Å². The van der Waals surface area contributed by atoms with Crippen LogP contribution >= 0.6 is 22.9 Å². The van der Waals surface area contributed by atoms with E-state index in [-0.39, 0.29) is 5.35 Å². The Bertz CT molecular complexity index is 416. The first-order chi connectivity index (χ1) is 6.16. The van der Waals surface area contributed by atoms with Crippen LogP contribution in [0.1, 0.15) is 10.4 Å². The molecule has 0 fully saturated rings. The highest BCUT2D eigenvalue weighted by molar-refractivity contribution is 7.15. The first-order valence-electron chi connectivity index (χ1n) is 3.73. The molecule has 5 heteroatoms. The number of nitrogens with zero attached hydrogens (tertiary/aromatic N) is 2. The van der Waals surface area contributed by atoms with Crippen LogP contribution in [-0.2, 0) is 0 Å². The summed E-state index contributed by atoms with van der Waals surface area (Å²) in [6, 6.07) is 2.02. The Morgan fingerprint density at radius 3 is 2.62 bits per heavy atom. The average Bonchev–Trinajstić information content (AvgIpc) is 2.61. The number of hydrogen-bond donors (Lipinski definition) is 0. The summed E-state index contributed by atoms with van der Waals surface area (Å²) in [4.78, 5) is 2.22. The van der Waals surface area contributed by atoms with Gasteiger partial charge in [-0.1, -0.05) is 5.10 Å². The van der Waals surface area contributed by atoms with Gasteiger partial charge in [-0.15, -0.1) is 16.4 Å². The highest BCUT2D eigenvalue weighted by Gasteiger charge is 2.10. The quantitative estimate of drug-likeness (QED) is 0.733. The SMILES string of the molecule is Cc1cc(-c2nnc(Cl)o2)sc1C. The molecule has 3 nitrogen and oxygen atoms in total. The van der Waals surface area contributed by atoms with Gasteiger partial charge in [-0.2, -0.15) is 0 Å². The molecular formula is C8H7ClN2OS. The van der Waals surface area contributed by atoms with Gasteiger partial charge in [0.25, 0.3) is 5.89 Å². The number of thiophene rings is 1. The first kappa shape index (κ1) is 8.72. The Labute approximate surface area is 84.4 Å². The van der Waals surface area contributed by atoms with E-state index in [9.17, 15) is 0 Å². The maximum Gasteiger partial charge on any atom is 0.313 e. The maximum atomic E-state index is 5.52. The molecule has 0 aliphatic heterocycles. The molecule has 0 radical (unpaired) electrons. The second kappa shape index (κ2) is 3.12. The van der Waals surface area contributed by atoms with E-state index in [0.29, 0.717) is 5.89 Å². The van der Waals surface area contributed by atoms with Crippen molar-refractivity contribution in [1.82, 2.24) is 10.2 Å². The summed E-state index contributed by atoms with van der Waals surface area (Å²) in [6.07, 6.45) is 0. The van der Waals surface area contributed by atoms with Gasteiger partial charge in [-0.25, -0.2) is 0 Å². The van der Waals surface area contributed by atoms with Gasteiger partial charge in [0.2, 0.25) is 0 Å². The van der Waals surface area contributed by atoms with E-state index in [1.165, 1.54) is 10.4 Å². The smallest absolute Gasteiger partial charge is 0.313 e. The molecule has 2 aromatic heterocycles. The molecule has 0 spiro atoms.